The molecule has 0 unspecified atom stereocenters. The monoisotopic (exact) mass is 345 g/mol. The molecule has 0 heterocycles. The van der Waals surface area contributed by atoms with Gasteiger partial charge in [0.2, 0.25) is 0 Å². The van der Waals surface area contributed by atoms with Crippen molar-refractivity contribution in [3.63, 3.8) is 0 Å². The maximum absolute atomic E-state index is 12.3. The molecule has 0 atom stereocenters. The lowest BCUT2D eigenvalue weighted by molar-refractivity contribution is -0.274. The van der Waals surface area contributed by atoms with Crippen LogP contribution < -0.4 is 10.1 Å². The summed E-state index contributed by atoms with van der Waals surface area (Å²) in [5, 5.41) is 12.3. The van der Waals surface area contributed by atoms with Crippen LogP contribution >= 0.6 is 11.6 Å². The third-order valence-electron chi connectivity index (χ3n) is 2.84. The minimum absolute atomic E-state index is 0.0771. The van der Waals surface area contributed by atoms with Gasteiger partial charge in [0.25, 0.3) is 5.91 Å². The van der Waals surface area contributed by atoms with Crippen LogP contribution in [-0.2, 0) is 6.54 Å². The molecule has 0 aliphatic rings. The number of carbonyl (C=O) groups excluding carboxylic acids is 1. The number of aromatic hydroxyl groups is 1. The molecular formula is C15H11ClF3NO3. The zero-order chi connectivity index (χ0) is 17.0. The Kier molecular flexibility index (Phi) is 5.00. The molecule has 0 fully saturated rings. The maximum Gasteiger partial charge on any atom is 0.573 e. The first kappa shape index (κ1) is 17.0. The van der Waals surface area contributed by atoms with Gasteiger partial charge in [0.15, 0.2) is 0 Å². The summed E-state index contributed by atoms with van der Waals surface area (Å²) in [6.45, 7) is -0.211. The van der Waals surface area contributed by atoms with Crippen molar-refractivity contribution in [3.05, 3.63) is 58.6 Å². The zero-order valence-electron chi connectivity index (χ0n) is 11.5. The smallest absolute Gasteiger partial charge is 0.507 e. The number of hydrogen-bond donors (Lipinski definition) is 2. The second-order valence-corrected chi connectivity index (χ2v) is 4.94. The fraction of sp³-hybridized carbons (Fsp3) is 0.133. The van der Waals surface area contributed by atoms with Crippen LogP contribution in [-0.4, -0.2) is 17.4 Å². The van der Waals surface area contributed by atoms with Gasteiger partial charge in [-0.15, -0.1) is 13.2 Å². The highest BCUT2D eigenvalue weighted by Gasteiger charge is 2.32. The molecule has 23 heavy (non-hydrogen) atoms. The van der Waals surface area contributed by atoms with E-state index < -0.39 is 18.0 Å². The predicted molar refractivity (Wildman–Crippen MR) is 77.4 cm³/mol. The Bertz CT molecular complexity index is 719. The number of phenols is 1. The number of para-hydroxylation sites is 1. The number of benzene rings is 2. The van der Waals surface area contributed by atoms with Gasteiger partial charge in [-0.05, 0) is 24.3 Å². The minimum Gasteiger partial charge on any atom is -0.507 e. The number of rotatable bonds is 4. The Morgan fingerprint density at radius 1 is 1.22 bits per heavy atom. The van der Waals surface area contributed by atoms with Crippen molar-refractivity contribution in [2.24, 2.45) is 0 Å². The van der Waals surface area contributed by atoms with Crippen LogP contribution in [0.5, 0.6) is 11.5 Å². The van der Waals surface area contributed by atoms with Gasteiger partial charge >= 0.3 is 6.36 Å². The molecule has 0 saturated heterocycles. The highest BCUT2D eigenvalue weighted by Crippen LogP contribution is 2.26. The van der Waals surface area contributed by atoms with Crippen molar-refractivity contribution in [2.45, 2.75) is 12.9 Å². The Labute approximate surface area is 134 Å². The molecule has 0 saturated carbocycles. The van der Waals surface area contributed by atoms with E-state index in [4.69, 9.17) is 11.6 Å². The third kappa shape index (κ3) is 4.79. The van der Waals surface area contributed by atoms with Crippen molar-refractivity contribution < 1.29 is 27.8 Å². The Balaban J connectivity index is 2.12. The van der Waals surface area contributed by atoms with E-state index in [1.807, 2.05) is 0 Å². The van der Waals surface area contributed by atoms with Gasteiger partial charge in [0.05, 0.1) is 5.56 Å². The fourth-order valence-electron chi connectivity index (χ4n) is 1.83. The summed E-state index contributed by atoms with van der Waals surface area (Å²) >= 11 is 5.74. The van der Waals surface area contributed by atoms with Gasteiger partial charge in [-0.2, -0.15) is 0 Å². The van der Waals surface area contributed by atoms with E-state index in [1.165, 1.54) is 36.4 Å². The average Bonchev–Trinajstić information content (AvgIpc) is 2.47. The first-order chi connectivity index (χ1) is 10.8. The quantitative estimate of drug-likeness (QED) is 0.884. The van der Waals surface area contributed by atoms with E-state index in [1.54, 1.807) is 0 Å². The summed E-state index contributed by atoms with van der Waals surface area (Å²) in [5.41, 5.74) is 0.0615. The van der Waals surface area contributed by atoms with Crippen LogP contribution in [0.3, 0.4) is 0 Å². The standard InChI is InChI=1S/C15H11ClF3NO3/c16-10-5-6-12(21)11(7-10)14(22)20-8-9-3-1-2-4-13(9)23-15(17,18)19/h1-7,21H,8H2,(H,20,22). The molecular weight excluding hydrogens is 335 g/mol. The summed E-state index contributed by atoms with van der Waals surface area (Å²) in [6.07, 6.45) is -4.83. The normalized spacial score (nSPS) is 11.1. The van der Waals surface area contributed by atoms with Gasteiger partial charge in [0, 0.05) is 17.1 Å². The van der Waals surface area contributed by atoms with E-state index in [-0.39, 0.29) is 28.4 Å². The highest BCUT2D eigenvalue weighted by molar-refractivity contribution is 6.31. The number of alkyl halides is 3. The average molecular weight is 346 g/mol. The molecule has 0 aromatic heterocycles. The van der Waals surface area contributed by atoms with E-state index in [0.717, 1.165) is 6.07 Å². The molecule has 0 radical (unpaired) electrons. The summed E-state index contributed by atoms with van der Waals surface area (Å²) in [7, 11) is 0. The molecule has 1 amide bonds. The number of carbonyl (C=O) groups is 1. The van der Waals surface area contributed by atoms with Crippen molar-refractivity contribution in [1.82, 2.24) is 5.32 Å². The molecule has 2 N–H and O–H groups in total. The molecule has 2 rings (SSSR count). The Morgan fingerprint density at radius 2 is 1.91 bits per heavy atom. The highest BCUT2D eigenvalue weighted by atomic mass is 35.5. The lowest BCUT2D eigenvalue weighted by Gasteiger charge is -2.14. The molecule has 0 spiro atoms. The van der Waals surface area contributed by atoms with Crippen LogP contribution in [0, 0.1) is 0 Å². The van der Waals surface area contributed by atoms with Gasteiger partial charge in [-0.3, -0.25) is 4.79 Å². The van der Waals surface area contributed by atoms with Crippen LogP contribution in [0.25, 0.3) is 0 Å². The lowest BCUT2D eigenvalue weighted by atomic mass is 10.1. The molecule has 4 nitrogen and oxygen atoms in total. The molecule has 0 aliphatic heterocycles. The van der Waals surface area contributed by atoms with Gasteiger partial charge in [-0.1, -0.05) is 29.8 Å². The minimum atomic E-state index is -4.83. The first-order valence-corrected chi connectivity index (χ1v) is 6.74. The lowest BCUT2D eigenvalue weighted by Crippen LogP contribution is -2.24. The second-order valence-electron chi connectivity index (χ2n) is 4.50. The van der Waals surface area contributed by atoms with Crippen LogP contribution in [0.4, 0.5) is 13.2 Å². The summed E-state index contributed by atoms with van der Waals surface area (Å²) in [5.74, 6) is -1.37. The maximum atomic E-state index is 12.3. The predicted octanol–water partition coefficient (Wildman–Crippen LogP) is 3.87. The number of hydrogen-bond acceptors (Lipinski definition) is 3. The molecule has 2 aromatic carbocycles. The van der Waals surface area contributed by atoms with Crippen LogP contribution in [0.15, 0.2) is 42.5 Å². The van der Waals surface area contributed by atoms with Crippen molar-refractivity contribution in [1.29, 1.82) is 0 Å². The van der Waals surface area contributed by atoms with Crippen LogP contribution in [0.1, 0.15) is 15.9 Å². The van der Waals surface area contributed by atoms with E-state index in [9.17, 15) is 23.1 Å². The topological polar surface area (TPSA) is 58.6 Å². The first-order valence-electron chi connectivity index (χ1n) is 6.36. The second kappa shape index (κ2) is 6.78. The number of amides is 1. The zero-order valence-corrected chi connectivity index (χ0v) is 12.3. The summed E-state index contributed by atoms with van der Waals surface area (Å²) in [6, 6.07) is 9.34. The van der Waals surface area contributed by atoms with Crippen molar-refractivity contribution in [2.75, 3.05) is 0 Å². The molecule has 0 bridgehead atoms. The molecule has 122 valence electrons. The number of phenolic OH excluding ortho intramolecular Hbond substituents is 1. The molecule has 0 aliphatic carbocycles. The van der Waals surface area contributed by atoms with E-state index in [0.29, 0.717) is 0 Å². The van der Waals surface area contributed by atoms with E-state index in [2.05, 4.69) is 10.1 Å². The van der Waals surface area contributed by atoms with Crippen molar-refractivity contribution in [3.8, 4) is 11.5 Å². The van der Waals surface area contributed by atoms with Crippen molar-refractivity contribution >= 4 is 17.5 Å². The summed E-state index contributed by atoms with van der Waals surface area (Å²) in [4.78, 5) is 12.0. The Hall–Kier alpha value is -2.41. The van der Waals surface area contributed by atoms with Gasteiger partial charge in [0.1, 0.15) is 11.5 Å². The number of ether oxygens (including phenoxy) is 1. The number of halogens is 4. The summed E-state index contributed by atoms with van der Waals surface area (Å²) < 4.78 is 40.9. The van der Waals surface area contributed by atoms with E-state index >= 15 is 0 Å². The third-order valence-corrected chi connectivity index (χ3v) is 3.08. The molecule has 2 aromatic rings. The number of nitrogens with one attached hydrogen (secondary N) is 1. The SMILES string of the molecule is O=C(NCc1ccccc1OC(F)(F)F)c1cc(Cl)ccc1O. The van der Waals surface area contributed by atoms with Gasteiger partial charge < -0.3 is 15.2 Å². The van der Waals surface area contributed by atoms with Gasteiger partial charge in [-0.25, -0.2) is 0 Å². The Morgan fingerprint density at radius 3 is 2.61 bits per heavy atom. The van der Waals surface area contributed by atoms with Crippen LogP contribution in [0.2, 0.25) is 5.02 Å². The largest absolute Gasteiger partial charge is 0.573 e. The fourth-order valence-corrected chi connectivity index (χ4v) is 2.01. The molecule has 8 heteroatoms.